The molecule has 0 aliphatic rings. The Labute approximate surface area is 161 Å². The lowest BCUT2D eigenvalue weighted by molar-refractivity contribution is 1.15. The molecule has 0 fully saturated rings. The smallest absolute Gasteiger partial charge is 0.124 e. The number of H-pyrrole nitrogens is 1. The minimum Gasteiger partial charge on any atom is -0.381 e. The molecule has 2 N–H and O–H groups in total. The van der Waals surface area contributed by atoms with Gasteiger partial charge in [-0.3, -0.25) is 0 Å². The van der Waals surface area contributed by atoms with Gasteiger partial charge < -0.3 is 10.3 Å². The third kappa shape index (κ3) is 3.20. The highest BCUT2D eigenvalue weighted by Crippen LogP contribution is 2.31. The zero-order chi connectivity index (χ0) is 18.2. The van der Waals surface area contributed by atoms with Crippen LogP contribution in [0.25, 0.3) is 31.7 Å². The first-order valence-corrected chi connectivity index (χ1v) is 9.84. The maximum atomic E-state index is 4.77. The van der Waals surface area contributed by atoms with Gasteiger partial charge in [-0.1, -0.05) is 12.1 Å². The fourth-order valence-electron chi connectivity index (χ4n) is 3.30. The van der Waals surface area contributed by atoms with Crippen molar-refractivity contribution in [2.75, 3.05) is 5.32 Å². The number of nitrogens with one attached hydrogen (secondary N) is 2. The molecule has 2 aromatic heterocycles. The van der Waals surface area contributed by atoms with Crippen LogP contribution in [0.3, 0.4) is 0 Å². The standard InChI is InChI=1S/C23H19N3S/c1-15-2-8-21-22(12-15)27-23(26-21)17-4-6-19(7-5-17)25-14-16-3-9-20-18(13-16)10-11-24-20/h2-13,24-25H,14H2,1H3. The molecule has 5 rings (SSSR count). The molecule has 5 aromatic rings. The largest absolute Gasteiger partial charge is 0.381 e. The predicted molar refractivity (Wildman–Crippen MR) is 115 cm³/mol. The van der Waals surface area contributed by atoms with E-state index in [2.05, 4.69) is 84.0 Å². The molecule has 132 valence electrons. The van der Waals surface area contributed by atoms with Gasteiger partial charge in [-0.25, -0.2) is 4.98 Å². The topological polar surface area (TPSA) is 40.7 Å². The lowest BCUT2D eigenvalue weighted by Crippen LogP contribution is -1.98. The number of anilines is 1. The highest BCUT2D eigenvalue weighted by molar-refractivity contribution is 7.21. The molecular formula is C23H19N3S. The van der Waals surface area contributed by atoms with Gasteiger partial charge in [0.15, 0.2) is 0 Å². The number of hydrogen-bond acceptors (Lipinski definition) is 3. The van der Waals surface area contributed by atoms with E-state index in [1.54, 1.807) is 11.3 Å². The molecule has 3 aromatic carbocycles. The van der Waals surface area contributed by atoms with E-state index >= 15 is 0 Å². The third-order valence-corrected chi connectivity index (χ3v) is 5.86. The van der Waals surface area contributed by atoms with Crippen LogP contribution in [0.4, 0.5) is 5.69 Å². The Balaban J connectivity index is 1.33. The molecule has 4 heteroatoms. The maximum absolute atomic E-state index is 4.77. The van der Waals surface area contributed by atoms with Crippen LogP contribution in [0, 0.1) is 6.92 Å². The predicted octanol–water partition coefficient (Wildman–Crippen LogP) is 6.37. The van der Waals surface area contributed by atoms with Gasteiger partial charge in [0.2, 0.25) is 0 Å². The van der Waals surface area contributed by atoms with Crippen molar-refractivity contribution < 1.29 is 0 Å². The Hall–Kier alpha value is -3.11. The Morgan fingerprint density at radius 2 is 1.85 bits per heavy atom. The molecular weight excluding hydrogens is 350 g/mol. The number of fused-ring (bicyclic) bond motifs is 2. The Bertz CT molecular complexity index is 1230. The van der Waals surface area contributed by atoms with Gasteiger partial charge >= 0.3 is 0 Å². The summed E-state index contributed by atoms with van der Waals surface area (Å²) in [5.41, 5.74) is 7.07. The second-order valence-corrected chi connectivity index (χ2v) is 7.85. The molecule has 0 radical (unpaired) electrons. The lowest BCUT2D eigenvalue weighted by atomic mass is 10.1. The summed E-state index contributed by atoms with van der Waals surface area (Å²) in [6.07, 6.45) is 1.98. The molecule has 0 saturated heterocycles. The van der Waals surface area contributed by atoms with E-state index in [9.17, 15) is 0 Å². The van der Waals surface area contributed by atoms with E-state index in [-0.39, 0.29) is 0 Å². The van der Waals surface area contributed by atoms with Crippen molar-refractivity contribution in [3.05, 3.63) is 84.1 Å². The van der Waals surface area contributed by atoms with Crippen molar-refractivity contribution >= 4 is 38.1 Å². The number of aromatic amines is 1. The van der Waals surface area contributed by atoms with Crippen LogP contribution in [-0.2, 0) is 6.54 Å². The highest BCUT2D eigenvalue weighted by atomic mass is 32.1. The van der Waals surface area contributed by atoms with Gasteiger partial charge in [0.25, 0.3) is 0 Å². The molecule has 2 heterocycles. The number of aryl methyl sites for hydroxylation is 1. The molecule has 0 saturated carbocycles. The Morgan fingerprint density at radius 3 is 2.74 bits per heavy atom. The molecule has 0 spiro atoms. The van der Waals surface area contributed by atoms with Crippen molar-refractivity contribution in [2.45, 2.75) is 13.5 Å². The van der Waals surface area contributed by atoms with Crippen LogP contribution < -0.4 is 5.32 Å². The van der Waals surface area contributed by atoms with E-state index in [1.807, 2.05) is 6.20 Å². The van der Waals surface area contributed by atoms with Crippen LogP contribution in [0.5, 0.6) is 0 Å². The molecule has 0 amide bonds. The lowest BCUT2D eigenvalue weighted by Gasteiger charge is -2.07. The zero-order valence-electron chi connectivity index (χ0n) is 15.0. The molecule has 0 bridgehead atoms. The van der Waals surface area contributed by atoms with Gasteiger partial charge in [0.05, 0.1) is 10.2 Å². The van der Waals surface area contributed by atoms with Crippen LogP contribution in [-0.4, -0.2) is 9.97 Å². The van der Waals surface area contributed by atoms with Crippen molar-refractivity contribution in [1.82, 2.24) is 9.97 Å². The van der Waals surface area contributed by atoms with E-state index < -0.39 is 0 Å². The van der Waals surface area contributed by atoms with Crippen LogP contribution in [0.15, 0.2) is 72.9 Å². The van der Waals surface area contributed by atoms with E-state index in [0.717, 1.165) is 28.3 Å². The first kappa shape index (κ1) is 16.1. The van der Waals surface area contributed by atoms with E-state index in [4.69, 9.17) is 4.98 Å². The number of nitrogens with zero attached hydrogens (tertiary/aromatic N) is 1. The summed E-state index contributed by atoms with van der Waals surface area (Å²) in [6, 6.07) is 23.6. The number of aromatic nitrogens is 2. The molecule has 27 heavy (non-hydrogen) atoms. The van der Waals surface area contributed by atoms with Crippen molar-refractivity contribution in [2.24, 2.45) is 0 Å². The number of thiazole rings is 1. The second-order valence-electron chi connectivity index (χ2n) is 6.82. The average Bonchev–Trinajstić information content (AvgIpc) is 3.32. The van der Waals surface area contributed by atoms with Crippen LogP contribution in [0.1, 0.15) is 11.1 Å². The van der Waals surface area contributed by atoms with Gasteiger partial charge in [0, 0.05) is 29.5 Å². The molecule has 3 nitrogen and oxygen atoms in total. The van der Waals surface area contributed by atoms with Gasteiger partial charge in [-0.15, -0.1) is 11.3 Å². The quantitative estimate of drug-likeness (QED) is 0.387. The monoisotopic (exact) mass is 369 g/mol. The number of hydrogen-bond donors (Lipinski definition) is 2. The first-order valence-electron chi connectivity index (χ1n) is 9.02. The van der Waals surface area contributed by atoms with Crippen LogP contribution >= 0.6 is 11.3 Å². The Kier molecular flexibility index (Phi) is 3.91. The summed E-state index contributed by atoms with van der Waals surface area (Å²) >= 11 is 1.75. The summed E-state index contributed by atoms with van der Waals surface area (Å²) < 4.78 is 1.24. The fourth-order valence-corrected chi connectivity index (χ4v) is 4.37. The number of benzene rings is 3. The maximum Gasteiger partial charge on any atom is 0.124 e. The Morgan fingerprint density at radius 1 is 0.963 bits per heavy atom. The van der Waals surface area contributed by atoms with Crippen molar-refractivity contribution in [3.8, 4) is 10.6 Å². The van der Waals surface area contributed by atoms with Crippen molar-refractivity contribution in [3.63, 3.8) is 0 Å². The third-order valence-electron chi connectivity index (χ3n) is 4.79. The zero-order valence-corrected chi connectivity index (χ0v) is 15.8. The van der Waals surface area contributed by atoms with E-state index in [1.165, 1.54) is 26.7 Å². The molecule has 0 atom stereocenters. The van der Waals surface area contributed by atoms with Gasteiger partial charge in [-0.05, 0) is 78.0 Å². The summed E-state index contributed by atoms with van der Waals surface area (Å²) in [4.78, 5) is 8.00. The summed E-state index contributed by atoms with van der Waals surface area (Å²) in [5.74, 6) is 0. The molecule has 0 unspecified atom stereocenters. The minimum absolute atomic E-state index is 0.806. The molecule has 0 aliphatic heterocycles. The van der Waals surface area contributed by atoms with Crippen molar-refractivity contribution in [1.29, 1.82) is 0 Å². The second kappa shape index (κ2) is 6.56. The summed E-state index contributed by atoms with van der Waals surface area (Å²) in [7, 11) is 0. The summed E-state index contributed by atoms with van der Waals surface area (Å²) in [6.45, 7) is 2.92. The summed E-state index contributed by atoms with van der Waals surface area (Å²) in [5, 5.41) is 5.82. The number of rotatable bonds is 4. The highest BCUT2D eigenvalue weighted by Gasteiger charge is 2.06. The SMILES string of the molecule is Cc1ccc2nc(-c3ccc(NCc4ccc5[nH]ccc5c4)cc3)sc2c1. The van der Waals surface area contributed by atoms with E-state index in [0.29, 0.717) is 0 Å². The normalized spacial score (nSPS) is 11.3. The molecule has 0 aliphatic carbocycles. The van der Waals surface area contributed by atoms with Gasteiger partial charge in [-0.2, -0.15) is 0 Å². The van der Waals surface area contributed by atoms with Gasteiger partial charge in [0.1, 0.15) is 5.01 Å². The first-order chi connectivity index (χ1) is 13.2. The average molecular weight is 369 g/mol. The van der Waals surface area contributed by atoms with Crippen LogP contribution in [0.2, 0.25) is 0 Å². The minimum atomic E-state index is 0.806. The fraction of sp³-hybridized carbons (Fsp3) is 0.0870.